The second kappa shape index (κ2) is 3.91. The zero-order valence-electron chi connectivity index (χ0n) is 11.6. The molecule has 0 bridgehead atoms. The number of benzene rings is 2. The van der Waals surface area contributed by atoms with Crippen molar-refractivity contribution in [2.24, 2.45) is 0 Å². The van der Waals surface area contributed by atoms with Gasteiger partial charge in [-0.3, -0.25) is 0 Å². The molecular weight excluding hydrogens is 220 g/mol. The highest BCUT2D eigenvalue weighted by Gasteiger charge is 2.19. The van der Waals surface area contributed by atoms with E-state index < -0.39 is 0 Å². The number of anilines is 2. The van der Waals surface area contributed by atoms with Gasteiger partial charge in [-0.25, -0.2) is 0 Å². The summed E-state index contributed by atoms with van der Waals surface area (Å²) in [4.78, 5) is 4.43. The van der Waals surface area contributed by atoms with E-state index in [0.29, 0.717) is 0 Å². The molecule has 0 fully saturated rings. The zero-order valence-corrected chi connectivity index (χ0v) is 11.6. The van der Waals surface area contributed by atoms with Crippen LogP contribution in [0, 0.1) is 0 Å². The third-order valence-corrected chi connectivity index (χ3v) is 3.92. The van der Waals surface area contributed by atoms with Gasteiger partial charge in [-0.05, 0) is 41.5 Å². The van der Waals surface area contributed by atoms with Crippen LogP contribution in [0.1, 0.15) is 11.1 Å². The van der Waals surface area contributed by atoms with Gasteiger partial charge in [0.25, 0.3) is 0 Å². The summed E-state index contributed by atoms with van der Waals surface area (Å²) >= 11 is 0. The van der Waals surface area contributed by atoms with E-state index in [1.54, 1.807) is 0 Å². The van der Waals surface area contributed by atoms with Crippen LogP contribution >= 0.6 is 0 Å². The third-order valence-electron chi connectivity index (χ3n) is 3.92. The summed E-state index contributed by atoms with van der Waals surface area (Å²) in [5.41, 5.74) is 5.66. The van der Waals surface area contributed by atoms with E-state index in [1.807, 2.05) is 0 Å². The lowest BCUT2D eigenvalue weighted by Gasteiger charge is -2.22. The Kier molecular flexibility index (Phi) is 2.47. The molecule has 1 aliphatic rings. The molecule has 0 spiro atoms. The monoisotopic (exact) mass is 240 g/mol. The Morgan fingerprint density at radius 2 is 1.11 bits per heavy atom. The Morgan fingerprint density at radius 1 is 0.667 bits per heavy atom. The molecule has 2 aromatic rings. The molecule has 0 N–H and O–H groups in total. The Labute approximate surface area is 109 Å². The van der Waals surface area contributed by atoms with Crippen LogP contribution in [0.5, 0.6) is 0 Å². The van der Waals surface area contributed by atoms with Crippen LogP contribution in [-0.2, 0) is 12.8 Å². The van der Waals surface area contributed by atoms with Gasteiger partial charge in [0.05, 0.1) is 0 Å². The van der Waals surface area contributed by atoms with Gasteiger partial charge in [-0.2, -0.15) is 0 Å². The van der Waals surface area contributed by atoms with Gasteiger partial charge in [-0.15, -0.1) is 0 Å². The molecule has 0 aliphatic heterocycles. The first kappa shape index (κ1) is 11.4. The van der Waals surface area contributed by atoms with E-state index in [4.69, 9.17) is 0 Å². The highest BCUT2D eigenvalue weighted by atomic mass is 15.1. The second-order valence-electron chi connectivity index (χ2n) is 5.53. The van der Waals surface area contributed by atoms with Gasteiger partial charge in [0.15, 0.2) is 0 Å². The minimum atomic E-state index is 1.19. The SMILES string of the molecule is CN(C)c1ccc2c3c(ccc(N(C)C)c13)CC2. The molecule has 2 nitrogen and oxygen atoms in total. The van der Waals surface area contributed by atoms with E-state index in [1.165, 1.54) is 46.1 Å². The van der Waals surface area contributed by atoms with E-state index in [9.17, 15) is 0 Å². The van der Waals surface area contributed by atoms with Crippen LogP contribution in [0.15, 0.2) is 24.3 Å². The van der Waals surface area contributed by atoms with Crippen LogP contribution in [0.25, 0.3) is 10.8 Å². The first-order valence-electron chi connectivity index (χ1n) is 6.51. The summed E-state index contributed by atoms with van der Waals surface area (Å²) in [6.07, 6.45) is 2.38. The van der Waals surface area contributed by atoms with Crippen LogP contribution in [0.2, 0.25) is 0 Å². The van der Waals surface area contributed by atoms with Crippen LogP contribution in [0.4, 0.5) is 11.4 Å². The lowest BCUT2D eigenvalue weighted by molar-refractivity contribution is 1.02. The summed E-state index contributed by atoms with van der Waals surface area (Å²) in [5, 5.41) is 2.91. The first-order chi connectivity index (χ1) is 8.59. The van der Waals surface area contributed by atoms with Gasteiger partial charge in [-0.1, -0.05) is 12.1 Å². The largest absolute Gasteiger partial charge is 0.377 e. The molecule has 18 heavy (non-hydrogen) atoms. The maximum absolute atomic E-state index is 2.30. The van der Waals surface area contributed by atoms with E-state index in [-0.39, 0.29) is 0 Å². The van der Waals surface area contributed by atoms with Crippen molar-refractivity contribution in [1.82, 2.24) is 0 Å². The summed E-state index contributed by atoms with van der Waals surface area (Å²) in [6.45, 7) is 0. The quantitative estimate of drug-likeness (QED) is 0.796. The average molecular weight is 240 g/mol. The molecule has 0 amide bonds. The minimum absolute atomic E-state index is 1.19. The maximum Gasteiger partial charge on any atom is 0.0462 e. The van der Waals surface area contributed by atoms with Crippen molar-refractivity contribution in [3.8, 4) is 0 Å². The summed E-state index contributed by atoms with van der Waals surface area (Å²) in [6, 6.07) is 9.13. The molecule has 0 aromatic heterocycles. The van der Waals surface area contributed by atoms with Crippen molar-refractivity contribution >= 4 is 22.1 Å². The molecule has 0 atom stereocenters. The normalized spacial score (nSPS) is 13.1. The zero-order chi connectivity index (χ0) is 12.9. The molecule has 3 rings (SSSR count). The molecular formula is C16H20N2. The highest BCUT2D eigenvalue weighted by Crippen LogP contribution is 2.41. The number of hydrogen-bond acceptors (Lipinski definition) is 2. The first-order valence-corrected chi connectivity index (χ1v) is 6.51. The fraction of sp³-hybridized carbons (Fsp3) is 0.375. The van der Waals surface area contributed by atoms with Crippen molar-refractivity contribution < 1.29 is 0 Å². The molecule has 0 heterocycles. The number of rotatable bonds is 2. The molecule has 0 saturated heterocycles. The molecule has 2 heteroatoms. The molecule has 0 saturated carbocycles. The van der Waals surface area contributed by atoms with Crippen molar-refractivity contribution in [1.29, 1.82) is 0 Å². The highest BCUT2D eigenvalue weighted by molar-refractivity contribution is 6.07. The predicted octanol–water partition coefficient (Wildman–Crippen LogP) is 3.07. The number of nitrogens with zero attached hydrogens (tertiary/aromatic N) is 2. The van der Waals surface area contributed by atoms with Crippen molar-refractivity contribution in [3.63, 3.8) is 0 Å². The molecule has 1 aliphatic carbocycles. The predicted molar refractivity (Wildman–Crippen MR) is 80.0 cm³/mol. The lowest BCUT2D eigenvalue weighted by atomic mass is 10.0. The maximum atomic E-state index is 2.30. The molecule has 94 valence electrons. The van der Waals surface area contributed by atoms with E-state index in [0.717, 1.165) is 0 Å². The van der Waals surface area contributed by atoms with Gasteiger partial charge in [0.1, 0.15) is 0 Å². The fourth-order valence-corrected chi connectivity index (χ4v) is 3.04. The summed E-state index contributed by atoms with van der Waals surface area (Å²) < 4.78 is 0. The molecule has 0 radical (unpaired) electrons. The van der Waals surface area contributed by atoms with Crippen LogP contribution < -0.4 is 9.80 Å². The fourth-order valence-electron chi connectivity index (χ4n) is 3.04. The smallest absolute Gasteiger partial charge is 0.0462 e. The molecule has 0 unspecified atom stereocenters. The minimum Gasteiger partial charge on any atom is -0.377 e. The second-order valence-corrected chi connectivity index (χ2v) is 5.53. The Bertz CT molecular complexity index is 561. The summed E-state index contributed by atoms with van der Waals surface area (Å²) in [7, 11) is 8.49. The average Bonchev–Trinajstić information content (AvgIpc) is 2.74. The Morgan fingerprint density at radius 3 is 1.50 bits per heavy atom. The van der Waals surface area contributed by atoms with E-state index >= 15 is 0 Å². The topological polar surface area (TPSA) is 6.48 Å². The van der Waals surface area contributed by atoms with Crippen molar-refractivity contribution in [2.75, 3.05) is 38.0 Å². The number of aryl methyl sites for hydroxylation is 2. The van der Waals surface area contributed by atoms with Gasteiger partial charge in [0.2, 0.25) is 0 Å². The van der Waals surface area contributed by atoms with Gasteiger partial charge in [0, 0.05) is 45.0 Å². The summed E-state index contributed by atoms with van der Waals surface area (Å²) in [5.74, 6) is 0. The Hall–Kier alpha value is -1.70. The standard InChI is InChI=1S/C16H20N2/c1-17(2)13-9-7-11-5-6-12-8-10-14(18(3)4)16(13)15(11)12/h7-10H,5-6H2,1-4H3. The number of hydrogen-bond donors (Lipinski definition) is 0. The third kappa shape index (κ3) is 1.48. The molecule has 2 aromatic carbocycles. The lowest BCUT2D eigenvalue weighted by Crippen LogP contribution is -2.13. The van der Waals surface area contributed by atoms with Crippen LogP contribution in [-0.4, -0.2) is 28.2 Å². The Balaban J connectivity index is 2.45. The van der Waals surface area contributed by atoms with Gasteiger partial charge < -0.3 is 9.80 Å². The van der Waals surface area contributed by atoms with Crippen molar-refractivity contribution in [3.05, 3.63) is 35.4 Å². The van der Waals surface area contributed by atoms with Crippen molar-refractivity contribution in [2.45, 2.75) is 12.8 Å². The van der Waals surface area contributed by atoms with Crippen LogP contribution in [0.3, 0.4) is 0 Å². The van der Waals surface area contributed by atoms with E-state index in [2.05, 4.69) is 62.3 Å². The van der Waals surface area contributed by atoms with Gasteiger partial charge >= 0.3 is 0 Å².